The van der Waals surface area contributed by atoms with Gasteiger partial charge in [-0.3, -0.25) is 13.9 Å². The number of carbonyl (C=O) groups is 2. The highest BCUT2D eigenvalue weighted by molar-refractivity contribution is 7.92. The van der Waals surface area contributed by atoms with Gasteiger partial charge in [0.15, 0.2) is 0 Å². The predicted octanol–water partition coefficient (Wildman–Crippen LogP) is 4.88. The van der Waals surface area contributed by atoms with E-state index in [2.05, 4.69) is 5.32 Å². The van der Waals surface area contributed by atoms with Crippen LogP contribution in [0.1, 0.15) is 46.1 Å². The van der Waals surface area contributed by atoms with Gasteiger partial charge in [-0.05, 0) is 70.5 Å². The van der Waals surface area contributed by atoms with Crippen molar-refractivity contribution in [1.82, 2.24) is 10.2 Å². The average Bonchev–Trinajstić information content (AvgIpc) is 2.79. The van der Waals surface area contributed by atoms with Gasteiger partial charge in [0.2, 0.25) is 21.8 Å². The molecule has 0 spiro atoms. The third-order valence-electron chi connectivity index (χ3n) is 5.57. The summed E-state index contributed by atoms with van der Waals surface area (Å²) in [6.07, 6.45) is 1.36. The van der Waals surface area contributed by atoms with Crippen molar-refractivity contribution < 1.29 is 22.7 Å². The third kappa shape index (κ3) is 9.09. The van der Waals surface area contributed by atoms with Crippen molar-refractivity contribution in [2.45, 2.75) is 58.7 Å². The zero-order chi connectivity index (χ0) is 28.0. The molecule has 2 aromatic rings. The minimum Gasteiger partial charge on any atom is -0.497 e. The van der Waals surface area contributed by atoms with E-state index >= 15 is 0 Å². The lowest BCUT2D eigenvalue weighted by atomic mass is 10.1. The van der Waals surface area contributed by atoms with Crippen LogP contribution in [0.5, 0.6) is 5.75 Å². The maximum Gasteiger partial charge on any atom is 0.242 e. The van der Waals surface area contributed by atoms with Crippen molar-refractivity contribution in [2.24, 2.45) is 0 Å². The number of hydrogen-bond donors (Lipinski definition) is 1. The Hall–Kier alpha value is -2.49. The van der Waals surface area contributed by atoms with E-state index in [0.717, 1.165) is 6.26 Å². The van der Waals surface area contributed by atoms with E-state index in [1.54, 1.807) is 49.4 Å². The van der Waals surface area contributed by atoms with E-state index in [4.69, 9.17) is 27.9 Å². The normalized spacial score (nSPS) is 12.5. The number of methoxy groups -OCH3 is 1. The lowest BCUT2D eigenvalue weighted by Crippen LogP contribution is -2.52. The third-order valence-corrected chi connectivity index (χ3v) is 7.47. The minimum absolute atomic E-state index is 0.0113. The monoisotopic (exact) mass is 571 g/mol. The maximum atomic E-state index is 13.4. The lowest BCUT2D eigenvalue weighted by Gasteiger charge is -2.32. The molecule has 0 saturated heterocycles. The first-order valence-corrected chi connectivity index (χ1v) is 14.4. The predicted molar refractivity (Wildman–Crippen MR) is 149 cm³/mol. The highest BCUT2D eigenvalue weighted by Crippen LogP contribution is 2.27. The first-order chi connectivity index (χ1) is 17.1. The van der Waals surface area contributed by atoms with E-state index in [9.17, 15) is 18.0 Å². The highest BCUT2D eigenvalue weighted by Gasteiger charge is 2.29. The minimum atomic E-state index is -3.60. The van der Waals surface area contributed by atoms with Crippen LogP contribution >= 0.6 is 23.2 Å². The van der Waals surface area contributed by atoms with Gasteiger partial charge in [-0.1, -0.05) is 29.3 Å². The topological polar surface area (TPSA) is 96.0 Å². The summed E-state index contributed by atoms with van der Waals surface area (Å²) in [6, 6.07) is 10.9. The molecule has 1 unspecified atom stereocenters. The number of nitrogens with zero attached hydrogens (tertiary/aromatic N) is 2. The Kier molecular flexibility index (Phi) is 10.7. The van der Waals surface area contributed by atoms with E-state index in [0.29, 0.717) is 27.0 Å². The van der Waals surface area contributed by atoms with E-state index in [1.165, 1.54) is 16.3 Å². The molecule has 204 valence electrons. The second kappa shape index (κ2) is 12.8. The number of carbonyl (C=O) groups excluding carboxylic acids is 2. The van der Waals surface area contributed by atoms with Crippen molar-refractivity contribution in [3.63, 3.8) is 0 Å². The molecule has 8 nitrogen and oxygen atoms in total. The SMILES string of the molecule is COc1ccc(N(CCCC(=O)N(Cc2c(Cl)cccc2Cl)C(C)C(=O)NC(C)(C)C)S(C)(=O)=O)cc1. The molecule has 0 bridgehead atoms. The number of anilines is 1. The molecule has 0 aliphatic heterocycles. The van der Waals surface area contributed by atoms with Gasteiger partial charge < -0.3 is 15.0 Å². The fourth-order valence-corrected chi connectivity index (χ4v) is 5.15. The largest absolute Gasteiger partial charge is 0.497 e. The summed E-state index contributed by atoms with van der Waals surface area (Å²) in [5, 5.41) is 3.67. The Morgan fingerprint density at radius 3 is 2.11 bits per heavy atom. The van der Waals surface area contributed by atoms with Crippen molar-refractivity contribution in [3.8, 4) is 5.75 Å². The van der Waals surface area contributed by atoms with Crippen LogP contribution in [-0.4, -0.2) is 56.6 Å². The van der Waals surface area contributed by atoms with Crippen LogP contribution < -0.4 is 14.4 Å². The average molecular weight is 573 g/mol. The molecule has 11 heteroatoms. The van der Waals surface area contributed by atoms with Gasteiger partial charge in [0, 0.05) is 40.7 Å². The molecule has 0 aliphatic carbocycles. The van der Waals surface area contributed by atoms with Crippen LogP contribution in [0.25, 0.3) is 0 Å². The van der Waals surface area contributed by atoms with Crippen molar-refractivity contribution in [1.29, 1.82) is 0 Å². The number of amides is 2. The van der Waals surface area contributed by atoms with Gasteiger partial charge in [0.05, 0.1) is 19.1 Å². The summed E-state index contributed by atoms with van der Waals surface area (Å²) in [5.74, 6) is -0.0421. The molecule has 0 fully saturated rings. The van der Waals surface area contributed by atoms with Crippen LogP contribution in [-0.2, 0) is 26.2 Å². The molecular formula is C26H35Cl2N3O5S. The van der Waals surface area contributed by atoms with Crippen molar-refractivity contribution in [2.75, 3.05) is 24.2 Å². The van der Waals surface area contributed by atoms with Crippen molar-refractivity contribution in [3.05, 3.63) is 58.1 Å². The van der Waals surface area contributed by atoms with E-state index < -0.39 is 21.6 Å². The number of sulfonamides is 1. The molecule has 0 radical (unpaired) electrons. The van der Waals surface area contributed by atoms with Gasteiger partial charge in [-0.25, -0.2) is 8.42 Å². The second-order valence-corrected chi connectivity index (χ2v) is 12.5. The fourth-order valence-electron chi connectivity index (χ4n) is 3.66. The van der Waals surface area contributed by atoms with Gasteiger partial charge >= 0.3 is 0 Å². The molecule has 0 saturated carbocycles. The fraction of sp³-hybridized carbons (Fsp3) is 0.462. The number of nitrogens with one attached hydrogen (secondary N) is 1. The Morgan fingerprint density at radius 1 is 1.05 bits per heavy atom. The van der Waals surface area contributed by atoms with Gasteiger partial charge in [0.25, 0.3) is 0 Å². The number of hydrogen-bond acceptors (Lipinski definition) is 5. The molecule has 2 rings (SSSR count). The molecular weight excluding hydrogens is 537 g/mol. The highest BCUT2D eigenvalue weighted by atomic mass is 35.5. The van der Waals surface area contributed by atoms with Crippen LogP contribution in [0.3, 0.4) is 0 Å². The summed E-state index contributed by atoms with van der Waals surface area (Å²) in [7, 11) is -2.07. The molecule has 2 aromatic carbocycles. The molecule has 1 N–H and O–H groups in total. The zero-order valence-electron chi connectivity index (χ0n) is 22.0. The number of benzene rings is 2. The van der Waals surface area contributed by atoms with Gasteiger partial charge in [0.1, 0.15) is 11.8 Å². The van der Waals surface area contributed by atoms with Crippen LogP contribution in [0.2, 0.25) is 10.0 Å². The van der Waals surface area contributed by atoms with Gasteiger partial charge in [-0.15, -0.1) is 0 Å². The maximum absolute atomic E-state index is 13.4. The Balaban J connectivity index is 2.24. The standard InChI is InChI=1S/C26H35Cl2N3O5S/c1-18(25(33)29-26(2,3)4)30(17-21-22(27)9-7-10-23(21)28)24(32)11-8-16-31(37(6,34)35)19-12-14-20(36-5)15-13-19/h7,9-10,12-15,18H,8,11,16-17H2,1-6H3,(H,29,33). The number of rotatable bonds is 11. The summed E-state index contributed by atoms with van der Waals surface area (Å²) < 4.78 is 31.3. The first-order valence-electron chi connectivity index (χ1n) is 11.8. The molecule has 2 amide bonds. The first kappa shape index (κ1) is 30.7. The van der Waals surface area contributed by atoms with E-state index in [-0.39, 0.29) is 37.7 Å². The Morgan fingerprint density at radius 2 is 1.62 bits per heavy atom. The van der Waals surface area contributed by atoms with Crippen LogP contribution in [0, 0.1) is 0 Å². The molecule has 0 aromatic heterocycles. The molecule has 1 atom stereocenters. The summed E-state index contributed by atoms with van der Waals surface area (Å²) in [5.41, 5.74) is 0.509. The second-order valence-electron chi connectivity index (χ2n) is 9.77. The van der Waals surface area contributed by atoms with Crippen LogP contribution in [0.15, 0.2) is 42.5 Å². The lowest BCUT2D eigenvalue weighted by molar-refractivity contribution is -0.141. The molecule has 37 heavy (non-hydrogen) atoms. The summed E-state index contributed by atoms with van der Waals surface area (Å²) in [6.45, 7) is 7.32. The zero-order valence-corrected chi connectivity index (χ0v) is 24.4. The van der Waals surface area contributed by atoms with Crippen molar-refractivity contribution >= 4 is 50.7 Å². The Bertz CT molecular complexity index is 1180. The smallest absolute Gasteiger partial charge is 0.242 e. The molecule has 0 aliphatic rings. The van der Waals surface area contributed by atoms with Gasteiger partial charge in [-0.2, -0.15) is 0 Å². The summed E-state index contributed by atoms with van der Waals surface area (Å²) in [4.78, 5) is 27.8. The van der Waals surface area contributed by atoms with E-state index in [1.807, 2.05) is 20.8 Å². The molecule has 0 heterocycles. The number of ether oxygens (including phenoxy) is 1. The Labute approximate surface area is 229 Å². The van der Waals surface area contributed by atoms with Crippen LogP contribution in [0.4, 0.5) is 5.69 Å². The number of halogens is 2. The summed E-state index contributed by atoms with van der Waals surface area (Å²) >= 11 is 12.7. The quantitative estimate of drug-likeness (QED) is 0.414.